The van der Waals surface area contributed by atoms with Gasteiger partial charge in [-0.3, -0.25) is 0 Å². The van der Waals surface area contributed by atoms with Crippen LogP contribution in [0.3, 0.4) is 0 Å². The van der Waals surface area contributed by atoms with E-state index < -0.39 is 0 Å². The molecule has 0 fully saturated rings. The molecule has 0 aliphatic rings. The Hall–Kier alpha value is -1.71. The molecule has 0 heterocycles. The van der Waals surface area contributed by atoms with E-state index in [0.717, 1.165) is 16.9 Å². The van der Waals surface area contributed by atoms with Crippen molar-refractivity contribution in [1.82, 2.24) is 0 Å². The highest BCUT2D eigenvalue weighted by Gasteiger charge is 2.05. The van der Waals surface area contributed by atoms with E-state index in [-0.39, 0.29) is 12.4 Å². The zero-order chi connectivity index (χ0) is 12.8. The van der Waals surface area contributed by atoms with Crippen molar-refractivity contribution < 1.29 is 9.47 Å². The third-order valence-corrected chi connectivity index (χ3v) is 2.70. The van der Waals surface area contributed by atoms with Crippen LogP contribution in [0.25, 0.3) is 0 Å². The fourth-order valence-corrected chi connectivity index (χ4v) is 1.69. The van der Waals surface area contributed by atoms with Crippen LogP contribution in [0.4, 0.5) is 0 Å². The van der Waals surface area contributed by atoms with Crippen molar-refractivity contribution in [2.24, 2.45) is 5.73 Å². The molecule has 2 N–H and O–H groups in total. The highest BCUT2D eigenvalue weighted by molar-refractivity contribution is 5.85. The molecule has 0 unspecified atom stereocenters. The third-order valence-electron chi connectivity index (χ3n) is 2.70. The molecule has 0 saturated heterocycles. The second kappa shape index (κ2) is 7.67. The Balaban J connectivity index is 0.00000180. The molecule has 0 amide bonds. The first-order valence-corrected chi connectivity index (χ1v) is 5.87. The number of rotatable bonds is 5. The van der Waals surface area contributed by atoms with E-state index >= 15 is 0 Å². The summed E-state index contributed by atoms with van der Waals surface area (Å²) in [6, 6.07) is 15.8. The van der Waals surface area contributed by atoms with Crippen LogP contribution in [0.2, 0.25) is 0 Å². The topological polar surface area (TPSA) is 44.5 Å². The fourth-order valence-electron chi connectivity index (χ4n) is 1.69. The molecule has 0 bridgehead atoms. The van der Waals surface area contributed by atoms with Gasteiger partial charge in [-0.2, -0.15) is 0 Å². The lowest BCUT2D eigenvalue weighted by Gasteiger charge is -2.11. The zero-order valence-electron chi connectivity index (χ0n) is 10.8. The van der Waals surface area contributed by atoms with Crippen molar-refractivity contribution in [2.75, 3.05) is 7.11 Å². The molecule has 102 valence electrons. The molecule has 2 aromatic rings. The molecule has 0 spiro atoms. The smallest absolute Gasteiger partial charge is 0.161 e. The van der Waals surface area contributed by atoms with Crippen molar-refractivity contribution in [3.05, 3.63) is 59.7 Å². The van der Waals surface area contributed by atoms with Crippen LogP contribution in [0, 0.1) is 0 Å². The number of benzene rings is 2. The van der Waals surface area contributed by atoms with Gasteiger partial charge in [-0.1, -0.05) is 36.4 Å². The Morgan fingerprint density at radius 2 is 1.68 bits per heavy atom. The van der Waals surface area contributed by atoms with Crippen molar-refractivity contribution >= 4 is 12.4 Å². The van der Waals surface area contributed by atoms with Gasteiger partial charge in [0.1, 0.15) is 6.61 Å². The SMILES string of the molecule is COc1cc(CN)ccc1OCc1ccccc1.Cl. The standard InChI is InChI=1S/C15H17NO2.ClH/c1-17-15-9-13(10-16)7-8-14(15)18-11-12-5-3-2-4-6-12;/h2-9H,10-11,16H2,1H3;1H. The van der Waals surface area contributed by atoms with E-state index in [1.807, 2.05) is 48.5 Å². The van der Waals surface area contributed by atoms with E-state index in [4.69, 9.17) is 15.2 Å². The summed E-state index contributed by atoms with van der Waals surface area (Å²) >= 11 is 0. The van der Waals surface area contributed by atoms with Gasteiger partial charge in [-0.15, -0.1) is 12.4 Å². The summed E-state index contributed by atoms with van der Waals surface area (Å²) in [5.41, 5.74) is 7.75. The van der Waals surface area contributed by atoms with E-state index in [9.17, 15) is 0 Å². The maximum Gasteiger partial charge on any atom is 0.161 e. The average molecular weight is 280 g/mol. The fraction of sp³-hybridized carbons (Fsp3) is 0.200. The van der Waals surface area contributed by atoms with E-state index in [2.05, 4.69) is 0 Å². The average Bonchev–Trinajstić information content (AvgIpc) is 2.46. The van der Waals surface area contributed by atoms with Gasteiger partial charge >= 0.3 is 0 Å². The lowest BCUT2D eigenvalue weighted by Crippen LogP contribution is -2.00. The lowest BCUT2D eigenvalue weighted by molar-refractivity contribution is 0.284. The second-order valence-corrected chi connectivity index (χ2v) is 3.96. The Morgan fingerprint density at radius 3 is 2.32 bits per heavy atom. The molecule has 2 rings (SSSR count). The summed E-state index contributed by atoms with van der Waals surface area (Å²) < 4.78 is 11.0. The first-order chi connectivity index (χ1) is 8.83. The minimum atomic E-state index is 0. The van der Waals surface area contributed by atoms with Gasteiger partial charge < -0.3 is 15.2 Å². The summed E-state index contributed by atoms with van der Waals surface area (Å²) in [6.45, 7) is 1.02. The third kappa shape index (κ3) is 4.16. The number of ether oxygens (including phenoxy) is 2. The molecule has 4 heteroatoms. The normalized spacial score (nSPS) is 9.58. The molecule has 19 heavy (non-hydrogen) atoms. The Kier molecular flexibility index (Phi) is 6.19. The predicted molar refractivity (Wildman–Crippen MR) is 78.9 cm³/mol. The van der Waals surface area contributed by atoms with Crippen LogP contribution >= 0.6 is 12.4 Å². The van der Waals surface area contributed by atoms with Gasteiger partial charge in [0.05, 0.1) is 7.11 Å². The summed E-state index contributed by atoms with van der Waals surface area (Å²) in [5.74, 6) is 1.45. The van der Waals surface area contributed by atoms with E-state index in [1.54, 1.807) is 7.11 Å². The zero-order valence-corrected chi connectivity index (χ0v) is 11.7. The molecule has 3 nitrogen and oxygen atoms in total. The van der Waals surface area contributed by atoms with Gasteiger partial charge in [-0.05, 0) is 23.3 Å². The van der Waals surface area contributed by atoms with Gasteiger partial charge in [0.2, 0.25) is 0 Å². The largest absolute Gasteiger partial charge is 0.493 e. The second-order valence-electron chi connectivity index (χ2n) is 3.96. The molecule has 0 atom stereocenters. The van der Waals surface area contributed by atoms with Crippen LogP contribution in [-0.4, -0.2) is 7.11 Å². The maximum absolute atomic E-state index is 5.75. The van der Waals surface area contributed by atoms with Crippen molar-refractivity contribution in [2.45, 2.75) is 13.2 Å². The quantitative estimate of drug-likeness (QED) is 0.914. The minimum absolute atomic E-state index is 0. The maximum atomic E-state index is 5.75. The van der Waals surface area contributed by atoms with Crippen LogP contribution < -0.4 is 15.2 Å². The van der Waals surface area contributed by atoms with Gasteiger partial charge in [0.15, 0.2) is 11.5 Å². The molecule has 0 aromatic heterocycles. The molecule has 0 radical (unpaired) electrons. The van der Waals surface area contributed by atoms with Crippen LogP contribution in [0.1, 0.15) is 11.1 Å². The summed E-state index contributed by atoms with van der Waals surface area (Å²) in [7, 11) is 1.63. The van der Waals surface area contributed by atoms with Crippen molar-refractivity contribution in [3.8, 4) is 11.5 Å². The first kappa shape index (κ1) is 15.3. The van der Waals surface area contributed by atoms with Crippen LogP contribution in [-0.2, 0) is 13.2 Å². The highest BCUT2D eigenvalue weighted by atomic mass is 35.5. The van der Waals surface area contributed by atoms with Crippen molar-refractivity contribution in [1.29, 1.82) is 0 Å². The molecule has 0 aliphatic carbocycles. The Labute approximate surface area is 119 Å². The summed E-state index contributed by atoms with van der Waals surface area (Å²) in [4.78, 5) is 0. The predicted octanol–water partition coefficient (Wildman–Crippen LogP) is 3.15. The van der Waals surface area contributed by atoms with Gasteiger partial charge in [-0.25, -0.2) is 0 Å². The molecule has 2 aromatic carbocycles. The van der Waals surface area contributed by atoms with Crippen LogP contribution in [0.5, 0.6) is 11.5 Å². The van der Waals surface area contributed by atoms with E-state index in [1.165, 1.54) is 0 Å². The number of hydrogen-bond acceptors (Lipinski definition) is 3. The van der Waals surface area contributed by atoms with Crippen LogP contribution in [0.15, 0.2) is 48.5 Å². The first-order valence-electron chi connectivity index (χ1n) is 5.87. The lowest BCUT2D eigenvalue weighted by atomic mass is 10.2. The Morgan fingerprint density at radius 1 is 0.947 bits per heavy atom. The molecular weight excluding hydrogens is 262 g/mol. The molecular formula is C15H18ClNO2. The Bertz CT molecular complexity index is 503. The minimum Gasteiger partial charge on any atom is -0.493 e. The van der Waals surface area contributed by atoms with E-state index in [0.29, 0.717) is 18.9 Å². The number of nitrogens with two attached hydrogens (primary N) is 1. The number of methoxy groups -OCH3 is 1. The van der Waals surface area contributed by atoms with Gasteiger partial charge in [0.25, 0.3) is 0 Å². The number of halogens is 1. The highest BCUT2D eigenvalue weighted by Crippen LogP contribution is 2.28. The van der Waals surface area contributed by atoms with Gasteiger partial charge in [0, 0.05) is 6.54 Å². The molecule has 0 aliphatic heterocycles. The van der Waals surface area contributed by atoms with Crippen molar-refractivity contribution in [3.63, 3.8) is 0 Å². The monoisotopic (exact) mass is 279 g/mol. The number of hydrogen-bond donors (Lipinski definition) is 1. The summed E-state index contributed by atoms with van der Waals surface area (Å²) in [5, 5.41) is 0. The summed E-state index contributed by atoms with van der Waals surface area (Å²) in [6.07, 6.45) is 0. The molecule has 0 saturated carbocycles.